The summed E-state index contributed by atoms with van der Waals surface area (Å²) in [7, 11) is 0. The Balaban J connectivity index is 2.03. The Morgan fingerprint density at radius 1 is 1.15 bits per heavy atom. The van der Waals surface area contributed by atoms with Gasteiger partial charge in [-0.2, -0.15) is 0 Å². The first-order valence-electron chi connectivity index (χ1n) is 7.69. The van der Waals surface area contributed by atoms with E-state index in [1.165, 1.54) is 31.2 Å². The van der Waals surface area contributed by atoms with Crippen LogP contribution >= 0.6 is 15.9 Å². The second-order valence-corrected chi connectivity index (χ2v) is 8.18. The summed E-state index contributed by atoms with van der Waals surface area (Å²) in [6.07, 6.45) is 6.41. The minimum atomic E-state index is 0.359. The predicted octanol–water partition coefficient (Wildman–Crippen LogP) is 5.55. The summed E-state index contributed by atoms with van der Waals surface area (Å²) in [4.78, 5) is 0. The van der Waals surface area contributed by atoms with Gasteiger partial charge in [0.2, 0.25) is 0 Å². The number of alkyl halides is 1. The Hall–Kier alpha value is -0.500. The molecule has 1 fully saturated rings. The fourth-order valence-electron chi connectivity index (χ4n) is 3.50. The molecule has 0 heterocycles. The van der Waals surface area contributed by atoms with Crippen molar-refractivity contribution in [3.05, 3.63) is 29.8 Å². The lowest BCUT2D eigenvalue weighted by Gasteiger charge is -2.43. The van der Waals surface area contributed by atoms with Gasteiger partial charge in [0, 0.05) is 5.33 Å². The van der Waals surface area contributed by atoms with E-state index >= 15 is 0 Å². The fraction of sp³-hybridized carbons (Fsp3) is 0.667. The first-order chi connectivity index (χ1) is 9.35. The smallest absolute Gasteiger partial charge is 0.115 e. The predicted molar refractivity (Wildman–Crippen MR) is 89.5 cm³/mol. The monoisotopic (exact) mass is 338 g/mol. The van der Waals surface area contributed by atoms with Gasteiger partial charge in [-0.25, -0.2) is 0 Å². The summed E-state index contributed by atoms with van der Waals surface area (Å²) in [5, 5.41) is 10.5. The van der Waals surface area contributed by atoms with E-state index in [0.29, 0.717) is 16.6 Å². The van der Waals surface area contributed by atoms with Crippen molar-refractivity contribution in [1.82, 2.24) is 0 Å². The first kappa shape index (κ1) is 15.9. The van der Waals surface area contributed by atoms with E-state index in [-0.39, 0.29) is 0 Å². The molecule has 0 spiro atoms. The topological polar surface area (TPSA) is 20.2 Å². The molecule has 1 N–H and O–H groups in total. The Labute approximate surface area is 131 Å². The Morgan fingerprint density at radius 3 is 2.15 bits per heavy atom. The van der Waals surface area contributed by atoms with Gasteiger partial charge < -0.3 is 5.11 Å². The Bertz CT molecular complexity index is 422. The average Bonchev–Trinajstić information content (AvgIpc) is 2.41. The van der Waals surface area contributed by atoms with Gasteiger partial charge in [-0.3, -0.25) is 0 Å². The summed E-state index contributed by atoms with van der Waals surface area (Å²) in [6, 6.07) is 7.74. The van der Waals surface area contributed by atoms with E-state index in [2.05, 4.69) is 48.8 Å². The van der Waals surface area contributed by atoms with Gasteiger partial charge in [0.05, 0.1) is 0 Å². The van der Waals surface area contributed by atoms with Crippen LogP contribution in [0.25, 0.3) is 0 Å². The molecular formula is C18H27BrO. The molecular weight excluding hydrogens is 312 g/mol. The molecule has 0 unspecified atom stereocenters. The van der Waals surface area contributed by atoms with Crippen LogP contribution in [-0.2, 0) is 6.42 Å². The second-order valence-electron chi connectivity index (χ2n) is 7.62. The number of phenols is 1. The highest BCUT2D eigenvalue weighted by atomic mass is 79.9. The number of aromatic hydroxyl groups is 1. The highest BCUT2D eigenvalue weighted by Gasteiger charge is 2.38. The molecule has 0 bridgehead atoms. The van der Waals surface area contributed by atoms with Gasteiger partial charge in [0.15, 0.2) is 0 Å². The van der Waals surface area contributed by atoms with Crippen molar-refractivity contribution in [2.75, 3.05) is 5.33 Å². The molecule has 1 aromatic rings. The normalized spacial score (nSPS) is 27.5. The number of benzene rings is 1. The molecule has 0 saturated heterocycles. The van der Waals surface area contributed by atoms with Gasteiger partial charge in [-0.05, 0) is 66.5 Å². The number of hydrogen-bond acceptors (Lipinski definition) is 1. The zero-order valence-corrected chi connectivity index (χ0v) is 14.5. The SMILES string of the molecule is CC(C)(C)C1CCC(CBr)(Cc2ccc(O)cc2)CC1. The van der Waals surface area contributed by atoms with Crippen molar-refractivity contribution in [3.63, 3.8) is 0 Å². The zero-order valence-electron chi connectivity index (χ0n) is 13.0. The van der Waals surface area contributed by atoms with Gasteiger partial charge >= 0.3 is 0 Å². The molecule has 1 aliphatic rings. The lowest BCUT2D eigenvalue weighted by molar-refractivity contribution is 0.103. The van der Waals surface area contributed by atoms with Crippen molar-refractivity contribution in [3.8, 4) is 5.75 Å². The summed E-state index contributed by atoms with van der Waals surface area (Å²) < 4.78 is 0. The molecule has 0 aromatic heterocycles. The number of rotatable bonds is 3. The molecule has 20 heavy (non-hydrogen) atoms. The molecule has 0 radical (unpaired) electrons. The fourth-order valence-corrected chi connectivity index (χ4v) is 4.26. The van der Waals surface area contributed by atoms with Crippen LogP contribution in [-0.4, -0.2) is 10.4 Å². The van der Waals surface area contributed by atoms with Crippen LogP contribution in [0.4, 0.5) is 0 Å². The van der Waals surface area contributed by atoms with E-state index < -0.39 is 0 Å². The molecule has 112 valence electrons. The third kappa shape index (κ3) is 3.78. The highest BCUT2D eigenvalue weighted by molar-refractivity contribution is 9.09. The summed E-state index contributed by atoms with van der Waals surface area (Å²) in [5.74, 6) is 1.22. The minimum absolute atomic E-state index is 0.359. The molecule has 1 saturated carbocycles. The third-order valence-electron chi connectivity index (χ3n) is 5.07. The molecule has 0 aliphatic heterocycles. The third-order valence-corrected chi connectivity index (χ3v) is 6.26. The number of hydrogen-bond donors (Lipinski definition) is 1. The molecule has 1 nitrogen and oxygen atoms in total. The maximum Gasteiger partial charge on any atom is 0.115 e. The first-order valence-corrected chi connectivity index (χ1v) is 8.81. The van der Waals surface area contributed by atoms with E-state index in [9.17, 15) is 5.11 Å². The van der Waals surface area contributed by atoms with Crippen LogP contribution in [0.5, 0.6) is 5.75 Å². The van der Waals surface area contributed by atoms with Crippen molar-refractivity contribution >= 4 is 15.9 Å². The largest absolute Gasteiger partial charge is 0.508 e. The van der Waals surface area contributed by atoms with Crippen LogP contribution in [0.15, 0.2) is 24.3 Å². The molecule has 2 heteroatoms. The maximum absolute atomic E-state index is 9.40. The average molecular weight is 339 g/mol. The Kier molecular flexibility index (Phi) is 4.84. The highest BCUT2D eigenvalue weighted by Crippen LogP contribution is 2.47. The van der Waals surface area contributed by atoms with Gasteiger partial charge in [0.1, 0.15) is 5.75 Å². The lowest BCUT2D eigenvalue weighted by atomic mass is 9.63. The molecule has 0 atom stereocenters. The zero-order chi connectivity index (χ0) is 14.8. The number of halogens is 1. The van der Waals surface area contributed by atoms with E-state index in [1.54, 1.807) is 12.1 Å². The molecule has 1 aliphatic carbocycles. The Morgan fingerprint density at radius 2 is 1.70 bits per heavy atom. The maximum atomic E-state index is 9.40. The van der Waals surface area contributed by atoms with Crippen molar-refractivity contribution in [2.45, 2.75) is 52.9 Å². The van der Waals surface area contributed by atoms with Crippen LogP contribution in [0.1, 0.15) is 52.0 Å². The van der Waals surface area contributed by atoms with E-state index in [1.807, 2.05) is 0 Å². The quantitative estimate of drug-likeness (QED) is 0.716. The standard InChI is InChI=1S/C18H27BrO/c1-17(2,3)15-8-10-18(13-19,11-9-15)12-14-4-6-16(20)7-5-14/h4-7,15,20H,8-13H2,1-3H3. The lowest BCUT2D eigenvalue weighted by Crippen LogP contribution is -2.35. The second kappa shape index (κ2) is 6.09. The van der Waals surface area contributed by atoms with Crippen LogP contribution in [0, 0.1) is 16.7 Å². The molecule has 1 aromatic carbocycles. The van der Waals surface area contributed by atoms with Crippen molar-refractivity contribution in [2.24, 2.45) is 16.7 Å². The van der Waals surface area contributed by atoms with Crippen molar-refractivity contribution < 1.29 is 5.11 Å². The summed E-state index contributed by atoms with van der Waals surface area (Å²) in [6.45, 7) is 7.12. The van der Waals surface area contributed by atoms with Gasteiger partial charge in [-0.1, -0.05) is 48.8 Å². The summed E-state index contributed by atoms with van der Waals surface area (Å²) >= 11 is 3.76. The van der Waals surface area contributed by atoms with Crippen LogP contribution < -0.4 is 0 Å². The molecule has 0 amide bonds. The number of phenolic OH excluding ortho intramolecular Hbond substituents is 1. The van der Waals surface area contributed by atoms with Gasteiger partial charge in [-0.15, -0.1) is 0 Å². The minimum Gasteiger partial charge on any atom is -0.508 e. The van der Waals surface area contributed by atoms with E-state index in [0.717, 1.165) is 17.7 Å². The van der Waals surface area contributed by atoms with Crippen LogP contribution in [0.2, 0.25) is 0 Å². The summed E-state index contributed by atoms with van der Waals surface area (Å²) in [5.41, 5.74) is 2.19. The molecule has 2 rings (SSSR count). The van der Waals surface area contributed by atoms with Crippen LogP contribution in [0.3, 0.4) is 0 Å². The van der Waals surface area contributed by atoms with Crippen molar-refractivity contribution in [1.29, 1.82) is 0 Å². The van der Waals surface area contributed by atoms with Gasteiger partial charge in [0.25, 0.3) is 0 Å². The van der Waals surface area contributed by atoms with E-state index in [4.69, 9.17) is 0 Å².